The number of amides is 1. The van der Waals surface area contributed by atoms with Crippen molar-refractivity contribution in [2.24, 2.45) is 0 Å². The maximum Gasteiger partial charge on any atom is 0.256 e. The standard InChI is InChI=1S/C20H19N3O/c24-20(19-15-21-14-16-6-4-5-9-18(16)19)23-12-10-22(11-13-23)17-7-2-1-3-8-17/h1-9,14-15H,10-13H2. The first kappa shape index (κ1) is 14.7. The molecule has 1 saturated heterocycles. The third-order valence-corrected chi connectivity index (χ3v) is 4.59. The van der Waals surface area contributed by atoms with E-state index in [1.165, 1.54) is 5.69 Å². The van der Waals surface area contributed by atoms with Crippen LogP contribution in [0, 0.1) is 0 Å². The summed E-state index contributed by atoms with van der Waals surface area (Å²) in [5.41, 5.74) is 1.91. The Hall–Kier alpha value is -2.88. The minimum absolute atomic E-state index is 0.0759. The summed E-state index contributed by atoms with van der Waals surface area (Å²) in [4.78, 5) is 21.4. The summed E-state index contributed by atoms with van der Waals surface area (Å²) in [7, 11) is 0. The van der Waals surface area contributed by atoms with E-state index < -0.39 is 0 Å². The van der Waals surface area contributed by atoms with E-state index in [0.29, 0.717) is 5.56 Å². The molecule has 24 heavy (non-hydrogen) atoms. The molecule has 0 saturated carbocycles. The average molecular weight is 317 g/mol. The number of rotatable bonds is 2. The Morgan fingerprint density at radius 1 is 0.833 bits per heavy atom. The summed E-state index contributed by atoms with van der Waals surface area (Å²) in [6, 6.07) is 18.3. The third-order valence-electron chi connectivity index (χ3n) is 4.59. The van der Waals surface area contributed by atoms with Crippen LogP contribution in [0.1, 0.15) is 10.4 Å². The molecule has 2 heterocycles. The molecule has 0 radical (unpaired) electrons. The Labute approximate surface area is 141 Å². The highest BCUT2D eigenvalue weighted by Crippen LogP contribution is 2.21. The van der Waals surface area contributed by atoms with Gasteiger partial charge >= 0.3 is 0 Å². The van der Waals surface area contributed by atoms with Crippen LogP contribution in [0.2, 0.25) is 0 Å². The summed E-state index contributed by atoms with van der Waals surface area (Å²) in [5, 5.41) is 1.98. The Kier molecular flexibility index (Phi) is 3.87. The van der Waals surface area contributed by atoms with Gasteiger partial charge in [-0.3, -0.25) is 9.78 Å². The van der Waals surface area contributed by atoms with Crippen LogP contribution in [-0.4, -0.2) is 42.0 Å². The van der Waals surface area contributed by atoms with Crippen molar-refractivity contribution in [3.8, 4) is 0 Å². The summed E-state index contributed by atoms with van der Waals surface area (Å²) in [6.45, 7) is 3.18. The molecule has 0 aliphatic carbocycles. The second-order valence-corrected chi connectivity index (χ2v) is 6.02. The number of hydrogen-bond donors (Lipinski definition) is 0. The molecule has 0 spiro atoms. The fourth-order valence-electron chi connectivity index (χ4n) is 3.26. The highest BCUT2D eigenvalue weighted by molar-refractivity contribution is 6.06. The summed E-state index contributed by atoms with van der Waals surface area (Å²) in [5.74, 6) is 0.0759. The first-order valence-corrected chi connectivity index (χ1v) is 8.25. The number of carbonyl (C=O) groups excluding carboxylic acids is 1. The Morgan fingerprint density at radius 3 is 2.33 bits per heavy atom. The number of carbonyl (C=O) groups is 1. The number of aromatic nitrogens is 1. The number of pyridine rings is 1. The molecule has 4 nitrogen and oxygen atoms in total. The van der Waals surface area contributed by atoms with E-state index in [1.54, 1.807) is 12.4 Å². The van der Waals surface area contributed by atoms with Crippen molar-refractivity contribution in [2.75, 3.05) is 31.1 Å². The van der Waals surface area contributed by atoms with Crippen LogP contribution in [0.3, 0.4) is 0 Å². The minimum atomic E-state index is 0.0759. The molecule has 3 aromatic rings. The first-order chi connectivity index (χ1) is 11.8. The summed E-state index contributed by atoms with van der Waals surface area (Å²) < 4.78 is 0. The van der Waals surface area contributed by atoms with Gasteiger partial charge in [-0.25, -0.2) is 0 Å². The van der Waals surface area contributed by atoms with Crippen LogP contribution in [0.15, 0.2) is 67.0 Å². The van der Waals surface area contributed by atoms with Crippen LogP contribution >= 0.6 is 0 Å². The highest BCUT2D eigenvalue weighted by Gasteiger charge is 2.23. The quantitative estimate of drug-likeness (QED) is 0.728. The van der Waals surface area contributed by atoms with Crippen molar-refractivity contribution in [3.05, 3.63) is 72.6 Å². The van der Waals surface area contributed by atoms with Gasteiger partial charge in [0, 0.05) is 49.6 Å². The Morgan fingerprint density at radius 2 is 1.54 bits per heavy atom. The van der Waals surface area contributed by atoms with Crippen LogP contribution < -0.4 is 4.90 Å². The number of benzene rings is 2. The molecular weight excluding hydrogens is 298 g/mol. The monoisotopic (exact) mass is 317 g/mol. The molecule has 1 aliphatic rings. The number of nitrogens with zero attached hydrogens (tertiary/aromatic N) is 3. The van der Waals surface area contributed by atoms with E-state index in [2.05, 4.69) is 34.1 Å². The average Bonchev–Trinajstić information content (AvgIpc) is 2.68. The van der Waals surface area contributed by atoms with E-state index >= 15 is 0 Å². The normalized spacial score (nSPS) is 14.8. The van der Waals surface area contributed by atoms with Gasteiger partial charge < -0.3 is 9.80 Å². The van der Waals surface area contributed by atoms with Gasteiger partial charge in [-0.2, -0.15) is 0 Å². The number of anilines is 1. The fourth-order valence-corrected chi connectivity index (χ4v) is 3.26. The molecule has 0 bridgehead atoms. The maximum atomic E-state index is 12.9. The number of piperazine rings is 1. The lowest BCUT2D eigenvalue weighted by molar-refractivity contribution is 0.0748. The largest absolute Gasteiger partial charge is 0.368 e. The summed E-state index contributed by atoms with van der Waals surface area (Å²) in [6.07, 6.45) is 3.49. The smallest absolute Gasteiger partial charge is 0.256 e. The molecule has 1 aromatic heterocycles. The fraction of sp³-hybridized carbons (Fsp3) is 0.200. The SMILES string of the molecule is O=C(c1cncc2ccccc12)N1CCN(c2ccccc2)CC1. The molecule has 120 valence electrons. The van der Waals surface area contributed by atoms with Crippen molar-refractivity contribution in [3.63, 3.8) is 0 Å². The predicted octanol–water partition coefficient (Wildman–Crippen LogP) is 3.20. The highest BCUT2D eigenvalue weighted by atomic mass is 16.2. The molecular formula is C20H19N3O. The topological polar surface area (TPSA) is 36.4 Å². The van der Waals surface area contributed by atoms with Gasteiger partial charge in [-0.05, 0) is 17.5 Å². The van der Waals surface area contributed by atoms with Crippen LogP contribution in [-0.2, 0) is 0 Å². The zero-order chi connectivity index (χ0) is 16.4. The molecule has 0 atom stereocenters. The molecule has 4 rings (SSSR count). The zero-order valence-corrected chi connectivity index (χ0v) is 13.4. The van der Waals surface area contributed by atoms with Gasteiger partial charge in [-0.1, -0.05) is 42.5 Å². The van der Waals surface area contributed by atoms with Crippen molar-refractivity contribution < 1.29 is 4.79 Å². The Balaban J connectivity index is 1.52. The van der Waals surface area contributed by atoms with E-state index in [1.807, 2.05) is 35.2 Å². The van der Waals surface area contributed by atoms with Crippen LogP contribution in [0.5, 0.6) is 0 Å². The lowest BCUT2D eigenvalue weighted by atomic mass is 10.1. The van der Waals surface area contributed by atoms with E-state index in [4.69, 9.17) is 0 Å². The Bertz CT molecular complexity index is 850. The molecule has 4 heteroatoms. The van der Waals surface area contributed by atoms with E-state index in [0.717, 1.165) is 37.0 Å². The van der Waals surface area contributed by atoms with Gasteiger partial charge in [0.05, 0.1) is 5.56 Å². The molecule has 0 unspecified atom stereocenters. The second-order valence-electron chi connectivity index (χ2n) is 6.02. The lowest BCUT2D eigenvalue weighted by Crippen LogP contribution is -2.48. The molecule has 1 aliphatic heterocycles. The maximum absolute atomic E-state index is 12.9. The van der Waals surface area contributed by atoms with Crippen molar-refractivity contribution in [1.82, 2.24) is 9.88 Å². The van der Waals surface area contributed by atoms with Gasteiger partial charge in [0.2, 0.25) is 0 Å². The van der Waals surface area contributed by atoms with Crippen molar-refractivity contribution in [2.45, 2.75) is 0 Å². The summed E-state index contributed by atoms with van der Waals surface area (Å²) >= 11 is 0. The zero-order valence-electron chi connectivity index (χ0n) is 13.4. The van der Waals surface area contributed by atoms with Crippen LogP contribution in [0.25, 0.3) is 10.8 Å². The van der Waals surface area contributed by atoms with Gasteiger partial charge in [0.1, 0.15) is 0 Å². The number of para-hydroxylation sites is 1. The van der Waals surface area contributed by atoms with Crippen molar-refractivity contribution >= 4 is 22.4 Å². The van der Waals surface area contributed by atoms with Gasteiger partial charge in [-0.15, -0.1) is 0 Å². The van der Waals surface area contributed by atoms with Crippen molar-refractivity contribution in [1.29, 1.82) is 0 Å². The molecule has 1 fully saturated rings. The minimum Gasteiger partial charge on any atom is -0.368 e. The molecule has 0 N–H and O–H groups in total. The third kappa shape index (κ3) is 2.71. The second kappa shape index (κ2) is 6.32. The number of hydrogen-bond acceptors (Lipinski definition) is 3. The number of fused-ring (bicyclic) bond motifs is 1. The van der Waals surface area contributed by atoms with Gasteiger partial charge in [0.25, 0.3) is 5.91 Å². The van der Waals surface area contributed by atoms with E-state index in [-0.39, 0.29) is 5.91 Å². The van der Waals surface area contributed by atoms with E-state index in [9.17, 15) is 4.79 Å². The molecule has 2 aromatic carbocycles. The molecule has 1 amide bonds. The lowest BCUT2D eigenvalue weighted by Gasteiger charge is -2.36. The van der Waals surface area contributed by atoms with Gasteiger partial charge in [0.15, 0.2) is 0 Å². The first-order valence-electron chi connectivity index (χ1n) is 8.25. The van der Waals surface area contributed by atoms with Crippen LogP contribution in [0.4, 0.5) is 5.69 Å². The predicted molar refractivity (Wildman–Crippen MR) is 96.3 cm³/mol.